The van der Waals surface area contributed by atoms with Crippen molar-refractivity contribution in [3.8, 4) is 16.9 Å². The second-order valence-electron chi connectivity index (χ2n) is 9.14. The van der Waals surface area contributed by atoms with Gasteiger partial charge in [0.05, 0.1) is 42.4 Å². The van der Waals surface area contributed by atoms with Gasteiger partial charge in [-0.25, -0.2) is 9.07 Å². The molecule has 2 aliphatic heterocycles. The summed E-state index contributed by atoms with van der Waals surface area (Å²) in [6.45, 7) is 5.58. The molecule has 0 atom stereocenters. The SMILES string of the molecule is Cc1ccc(NC(=O)c2cc(F)ccn2)cc1-n1cc(-c2cncc(N3CC4(COC4)C3)c2)nn1. The van der Waals surface area contributed by atoms with Crippen molar-refractivity contribution in [1.82, 2.24) is 25.0 Å². The highest BCUT2D eigenvalue weighted by atomic mass is 19.1. The zero-order valence-corrected chi connectivity index (χ0v) is 19.0. The number of nitrogens with one attached hydrogen (secondary N) is 1. The summed E-state index contributed by atoms with van der Waals surface area (Å²) in [7, 11) is 0. The molecule has 2 fully saturated rings. The molecule has 3 aromatic heterocycles. The van der Waals surface area contributed by atoms with E-state index in [1.54, 1.807) is 23.0 Å². The van der Waals surface area contributed by atoms with Crippen LogP contribution >= 0.6 is 0 Å². The lowest BCUT2D eigenvalue weighted by molar-refractivity contribution is -0.127. The number of rotatable bonds is 5. The normalized spacial score (nSPS) is 16.0. The maximum Gasteiger partial charge on any atom is 0.274 e. The van der Waals surface area contributed by atoms with Crippen molar-refractivity contribution in [1.29, 1.82) is 0 Å². The Bertz CT molecular complexity index is 1420. The zero-order chi connectivity index (χ0) is 24.0. The molecule has 0 saturated carbocycles. The molecule has 0 aliphatic carbocycles. The summed E-state index contributed by atoms with van der Waals surface area (Å²) in [5.41, 5.74) is 5.19. The van der Waals surface area contributed by atoms with Crippen LogP contribution in [0.25, 0.3) is 16.9 Å². The van der Waals surface area contributed by atoms with Crippen molar-refractivity contribution >= 4 is 17.3 Å². The van der Waals surface area contributed by atoms with E-state index in [2.05, 4.69) is 36.6 Å². The van der Waals surface area contributed by atoms with Crippen molar-refractivity contribution in [2.45, 2.75) is 6.92 Å². The number of benzene rings is 1. The highest BCUT2D eigenvalue weighted by molar-refractivity contribution is 6.03. The number of aryl methyl sites for hydroxylation is 1. The number of nitrogens with zero attached hydrogens (tertiary/aromatic N) is 6. The second kappa shape index (κ2) is 8.24. The number of amides is 1. The summed E-state index contributed by atoms with van der Waals surface area (Å²) in [6, 6.07) is 9.79. The molecule has 0 radical (unpaired) electrons. The third-order valence-electron chi connectivity index (χ3n) is 6.42. The van der Waals surface area contributed by atoms with Crippen LogP contribution in [0.3, 0.4) is 0 Å². The van der Waals surface area contributed by atoms with Gasteiger partial charge in [0.25, 0.3) is 5.91 Å². The van der Waals surface area contributed by atoms with Crippen LogP contribution in [0.4, 0.5) is 15.8 Å². The third kappa shape index (κ3) is 4.01. The molecule has 0 unspecified atom stereocenters. The maximum atomic E-state index is 13.4. The number of hydrogen-bond acceptors (Lipinski definition) is 7. The van der Waals surface area contributed by atoms with Crippen LogP contribution in [-0.4, -0.2) is 57.2 Å². The van der Waals surface area contributed by atoms with Crippen LogP contribution < -0.4 is 10.2 Å². The molecule has 2 aliphatic rings. The van der Waals surface area contributed by atoms with Gasteiger partial charge in [0.2, 0.25) is 0 Å². The van der Waals surface area contributed by atoms with Crippen LogP contribution in [0.15, 0.2) is 61.2 Å². The lowest BCUT2D eigenvalue weighted by atomic mass is 9.78. The summed E-state index contributed by atoms with van der Waals surface area (Å²) < 4.78 is 20.5. The van der Waals surface area contributed by atoms with E-state index < -0.39 is 11.7 Å². The number of hydrogen-bond donors (Lipinski definition) is 1. The van der Waals surface area contributed by atoms with E-state index in [4.69, 9.17) is 4.74 Å². The minimum atomic E-state index is -0.519. The van der Waals surface area contributed by atoms with Crippen molar-refractivity contribution in [2.75, 3.05) is 36.5 Å². The molecule has 6 rings (SSSR count). The Morgan fingerprint density at radius 2 is 2.00 bits per heavy atom. The summed E-state index contributed by atoms with van der Waals surface area (Å²) in [5.74, 6) is -1.02. The van der Waals surface area contributed by atoms with E-state index in [-0.39, 0.29) is 5.69 Å². The molecular formula is C25H22FN7O2. The van der Waals surface area contributed by atoms with Gasteiger partial charge in [-0.15, -0.1) is 5.10 Å². The molecule has 2 saturated heterocycles. The van der Waals surface area contributed by atoms with Crippen LogP contribution in [-0.2, 0) is 4.74 Å². The molecule has 1 aromatic carbocycles. The van der Waals surface area contributed by atoms with Crippen molar-refractivity contribution < 1.29 is 13.9 Å². The van der Waals surface area contributed by atoms with Crippen LogP contribution in [0.2, 0.25) is 0 Å². The van der Waals surface area contributed by atoms with Gasteiger partial charge >= 0.3 is 0 Å². The van der Waals surface area contributed by atoms with E-state index in [9.17, 15) is 9.18 Å². The van der Waals surface area contributed by atoms with Crippen molar-refractivity contribution in [3.63, 3.8) is 0 Å². The molecule has 1 N–H and O–H groups in total. The van der Waals surface area contributed by atoms with Crippen LogP contribution in [0.5, 0.6) is 0 Å². The average molecular weight is 471 g/mol. The number of pyridine rings is 2. The lowest BCUT2D eigenvalue weighted by Gasteiger charge is -2.55. The van der Waals surface area contributed by atoms with Gasteiger partial charge in [0.15, 0.2) is 0 Å². The topological polar surface area (TPSA) is 98.1 Å². The molecule has 5 heterocycles. The van der Waals surface area contributed by atoms with E-state index in [1.165, 1.54) is 12.3 Å². The molecule has 4 aromatic rings. The third-order valence-corrected chi connectivity index (χ3v) is 6.42. The molecule has 1 spiro atoms. The molecule has 9 nitrogen and oxygen atoms in total. The number of anilines is 2. The first kappa shape index (κ1) is 21.4. The molecule has 176 valence electrons. The smallest absolute Gasteiger partial charge is 0.274 e. The number of carbonyl (C=O) groups excluding carboxylic acids is 1. The van der Waals surface area contributed by atoms with Crippen LogP contribution in [0, 0.1) is 18.2 Å². The van der Waals surface area contributed by atoms with Gasteiger partial charge in [-0.2, -0.15) is 0 Å². The number of aromatic nitrogens is 5. The zero-order valence-electron chi connectivity index (χ0n) is 19.0. The molecule has 0 bridgehead atoms. The predicted octanol–water partition coefficient (Wildman–Crippen LogP) is 3.26. The Morgan fingerprint density at radius 1 is 1.14 bits per heavy atom. The Hall–Kier alpha value is -4.18. The summed E-state index contributed by atoms with van der Waals surface area (Å²) in [6.07, 6.45) is 6.73. The maximum absolute atomic E-state index is 13.4. The van der Waals surface area contributed by atoms with Gasteiger partial charge in [0.1, 0.15) is 17.2 Å². The molecule has 10 heteroatoms. The average Bonchev–Trinajstić information content (AvgIpc) is 3.29. The first-order valence-electron chi connectivity index (χ1n) is 11.2. The fourth-order valence-corrected chi connectivity index (χ4v) is 4.43. The van der Waals surface area contributed by atoms with E-state index >= 15 is 0 Å². The van der Waals surface area contributed by atoms with Gasteiger partial charge in [-0.1, -0.05) is 11.3 Å². The lowest BCUT2D eigenvalue weighted by Crippen LogP contribution is -2.66. The number of ether oxygens (including phenoxy) is 1. The molecule has 1 amide bonds. The highest BCUT2D eigenvalue weighted by Gasteiger charge is 2.49. The first-order valence-corrected chi connectivity index (χ1v) is 11.2. The Kier molecular flexibility index (Phi) is 5.03. The summed E-state index contributed by atoms with van der Waals surface area (Å²) >= 11 is 0. The largest absolute Gasteiger partial charge is 0.380 e. The van der Waals surface area contributed by atoms with Crippen molar-refractivity contribution in [2.24, 2.45) is 5.41 Å². The van der Waals surface area contributed by atoms with Gasteiger partial charge in [-0.3, -0.25) is 14.8 Å². The second-order valence-corrected chi connectivity index (χ2v) is 9.14. The Labute approximate surface area is 200 Å². The highest BCUT2D eigenvalue weighted by Crippen LogP contribution is 2.40. The van der Waals surface area contributed by atoms with E-state index in [1.807, 2.05) is 25.4 Å². The van der Waals surface area contributed by atoms with Gasteiger partial charge in [0, 0.05) is 42.8 Å². The Morgan fingerprint density at radius 3 is 2.77 bits per heavy atom. The summed E-state index contributed by atoms with van der Waals surface area (Å²) in [5, 5.41) is 11.4. The van der Waals surface area contributed by atoms with E-state index in [0.29, 0.717) is 16.8 Å². The minimum Gasteiger partial charge on any atom is -0.380 e. The Balaban J connectivity index is 1.22. The monoisotopic (exact) mass is 471 g/mol. The fraction of sp³-hybridized carbons (Fsp3) is 0.240. The molecular weight excluding hydrogens is 449 g/mol. The number of carbonyl (C=O) groups is 1. The predicted molar refractivity (Wildman–Crippen MR) is 127 cm³/mol. The van der Waals surface area contributed by atoms with Crippen LogP contribution in [0.1, 0.15) is 16.1 Å². The molecule has 35 heavy (non-hydrogen) atoms. The van der Waals surface area contributed by atoms with Gasteiger partial charge < -0.3 is 15.0 Å². The number of halogens is 1. The minimum absolute atomic E-state index is 0.000469. The summed E-state index contributed by atoms with van der Waals surface area (Å²) in [4.78, 5) is 23.1. The van der Waals surface area contributed by atoms with E-state index in [0.717, 1.165) is 54.9 Å². The van der Waals surface area contributed by atoms with Gasteiger partial charge in [-0.05, 0) is 36.8 Å². The van der Waals surface area contributed by atoms with Crippen molar-refractivity contribution in [3.05, 3.63) is 78.3 Å². The standard InChI is InChI=1S/C25H22FN7O2/c1-16-2-3-19(29-24(34)21-7-18(26)4-5-28-21)8-23(16)33-11-22(30-31-33)17-6-20(10-27-9-17)32-12-25(13-32)14-35-15-25/h2-11H,12-15H2,1H3,(H,29,34). The fourth-order valence-electron chi connectivity index (χ4n) is 4.43. The quantitative estimate of drug-likeness (QED) is 0.477. The first-order chi connectivity index (χ1) is 17.0.